The van der Waals surface area contributed by atoms with E-state index in [0.717, 1.165) is 17.0 Å². The number of anilines is 1. The van der Waals surface area contributed by atoms with Gasteiger partial charge in [-0.15, -0.1) is 0 Å². The quantitative estimate of drug-likeness (QED) is 0.654. The summed E-state index contributed by atoms with van der Waals surface area (Å²) in [5.41, 5.74) is 6.95. The van der Waals surface area contributed by atoms with Crippen LogP contribution in [0.15, 0.2) is 18.2 Å². The summed E-state index contributed by atoms with van der Waals surface area (Å²) >= 11 is 0. The molecule has 0 bridgehead atoms. The van der Waals surface area contributed by atoms with Crippen molar-refractivity contribution < 1.29 is 19.2 Å². The summed E-state index contributed by atoms with van der Waals surface area (Å²) in [6.45, 7) is 0.614. The van der Waals surface area contributed by atoms with Gasteiger partial charge in [0.2, 0.25) is 11.8 Å². The number of nitrogens with zero attached hydrogens (tertiary/aromatic N) is 1. The highest BCUT2D eigenvalue weighted by molar-refractivity contribution is 6.23. The van der Waals surface area contributed by atoms with Crippen LogP contribution >= 0.6 is 0 Å². The van der Waals surface area contributed by atoms with Crippen LogP contribution in [0.2, 0.25) is 0 Å². The summed E-state index contributed by atoms with van der Waals surface area (Å²) < 4.78 is 0. The summed E-state index contributed by atoms with van der Waals surface area (Å²) in [5.74, 6) is -1.54. The molecule has 3 unspecified atom stereocenters. The van der Waals surface area contributed by atoms with Crippen LogP contribution in [0.5, 0.6) is 0 Å². The first-order valence-corrected chi connectivity index (χ1v) is 8.32. The largest absolute Gasteiger partial charge is 0.382 e. The predicted molar refractivity (Wildman–Crippen MR) is 87.7 cm³/mol. The van der Waals surface area contributed by atoms with Gasteiger partial charge in [0, 0.05) is 18.2 Å². The Morgan fingerprint density at radius 2 is 1.92 bits per heavy atom. The lowest BCUT2D eigenvalue weighted by Gasteiger charge is -2.27. The SMILES string of the molecule is NCC1CC1Nc1ccc2c(c1)C(=O)N(C1CCC(=O)NC1=O)C2=O. The van der Waals surface area contributed by atoms with Crippen molar-refractivity contribution in [1.82, 2.24) is 10.2 Å². The number of carbonyl (C=O) groups excluding carboxylic acids is 4. The molecule has 8 nitrogen and oxygen atoms in total. The molecule has 1 aromatic rings. The standard InChI is InChI=1S/C17H18N4O4/c18-7-8-5-12(8)19-9-1-2-10-11(6-9)17(25)21(16(10)24)13-3-4-14(22)20-15(13)23/h1-2,6,8,12-13,19H,3-5,7,18H2,(H,20,22,23). The summed E-state index contributed by atoms with van der Waals surface area (Å²) in [5, 5.41) is 5.49. The lowest BCUT2D eigenvalue weighted by Crippen LogP contribution is -2.54. The molecule has 1 aromatic carbocycles. The Kier molecular flexibility index (Phi) is 3.57. The number of nitrogens with two attached hydrogens (primary N) is 1. The van der Waals surface area contributed by atoms with Gasteiger partial charge in [-0.25, -0.2) is 0 Å². The number of nitrogens with one attached hydrogen (secondary N) is 2. The van der Waals surface area contributed by atoms with E-state index in [2.05, 4.69) is 10.6 Å². The fourth-order valence-electron chi connectivity index (χ4n) is 3.46. The van der Waals surface area contributed by atoms with E-state index in [1.165, 1.54) is 0 Å². The van der Waals surface area contributed by atoms with Crippen LogP contribution in [0, 0.1) is 5.92 Å². The fraction of sp³-hybridized carbons (Fsp3) is 0.412. The topological polar surface area (TPSA) is 122 Å². The van der Waals surface area contributed by atoms with Crippen LogP contribution in [0.3, 0.4) is 0 Å². The van der Waals surface area contributed by atoms with Crippen molar-refractivity contribution in [3.8, 4) is 0 Å². The molecular formula is C17H18N4O4. The maximum Gasteiger partial charge on any atom is 0.262 e. The lowest BCUT2D eigenvalue weighted by atomic mass is 10.0. The highest BCUT2D eigenvalue weighted by atomic mass is 16.2. The summed E-state index contributed by atoms with van der Waals surface area (Å²) in [4.78, 5) is 49.6. The second-order valence-corrected chi connectivity index (χ2v) is 6.69. The first-order chi connectivity index (χ1) is 12.0. The van der Waals surface area contributed by atoms with Gasteiger partial charge in [-0.1, -0.05) is 0 Å². The molecule has 3 atom stereocenters. The number of rotatable bonds is 4. The Labute approximate surface area is 143 Å². The molecule has 0 radical (unpaired) electrons. The molecule has 1 aliphatic carbocycles. The molecule has 2 aliphatic heterocycles. The van der Waals surface area contributed by atoms with E-state index in [1.54, 1.807) is 18.2 Å². The summed E-state index contributed by atoms with van der Waals surface area (Å²) in [6.07, 6.45) is 1.25. The van der Waals surface area contributed by atoms with Crippen molar-refractivity contribution in [2.45, 2.75) is 31.3 Å². The highest BCUT2D eigenvalue weighted by Crippen LogP contribution is 2.34. The van der Waals surface area contributed by atoms with Crippen molar-refractivity contribution in [3.05, 3.63) is 29.3 Å². The molecule has 0 spiro atoms. The zero-order valence-corrected chi connectivity index (χ0v) is 13.5. The Bertz CT molecular complexity index is 806. The van der Waals surface area contributed by atoms with Gasteiger partial charge in [0.25, 0.3) is 11.8 Å². The molecule has 4 amide bonds. The number of fused-ring (bicyclic) bond motifs is 1. The van der Waals surface area contributed by atoms with E-state index in [0.29, 0.717) is 18.5 Å². The van der Waals surface area contributed by atoms with Crippen molar-refractivity contribution in [3.63, 3.8) is 0 Å². The van der Waals surface area contributed by atoms with Gasteiger partial charge in [-0.2, -0.15) is 0 Å². The molecule has 1 saturated carbocycles. The maximum absolute atomic E-state index is 12.7. The lowest BCUT2D eigenvalue weighted by molar-refractivity contribution is -0.136. The molecule has 4 N–H and O–H groups in total. The third-order valence-corrected chi connectivity index (χ3v) is 5.02. The highest BCUT2D eigenvalue weighted by Gasteiger charge is 2.45. The van der Waals surface area contributed by atoms with Crippen LogP contribution in [0.4, 0.5) is 5.69 Å². The molecule has 8 heteroatoms. The fourth-order valence-corrected chi connectivity index (χ4v) is 3.46. The van der Waals surface area contributed by atoms with E-state index in [1.807, 2.05) is 0 Å². The summed E-state index contributed by atoms with van der Waals surface area (Å²) in [6, 6.07) is 4.36. The van der Waals surface area contributed by atoms with Gasteiger partial charge in [0.05, 0.1) is 11.1 Å². The van der Waals surface area contributed by atoms with Gasteiger partial charge >= 0.3 is 0 Å². The van der Waals surface area contributed by atoms with Crippen molar-refractivity contribution >= 4 is 29.3 Å². The summed E-state index contributed by atoms with van der Waals surface area (Å²) in [7, 11) is 0. The predicted octanol–water partition coefficient (Wildman–Crippen LogP) is -0.153. The molecule has 25 heavy (non-hydrogen) atoms. The minimum atomic E-state index is -0.938. The number of hydrogen-bond acceptors (Lipinski definition) is 6. The van der Waals surface area contributed by atoms with E-state index in [-0.39, 0.29) is 29.9 Å². The van der Waals surface area contributed by atoms with Gasteiger partial charge in [0.15, 0.2) is 0 Å². The normalized spacial score (nSPS) is 28.0. The van der Waals surface area contributed by atoms with E-state index >= 15 is 0 Å². The third-order valence-electron chi connectivity index (χ3n) is 5.02. The number of imide groups is 2. The van der Waals surface area contributed by atoms with Gasteiger partial charge in [-0.05, 0) is 43.5 Å². The maximum atomic E-state index is 12.7. The molecule has 0 aromatic heterocycles. The number of amides is 4. The van der Waals surface area contributed by atoms with Gasteiger partial charge in [-0.3, -0.25) is 29.4 Å². The van der Waals surface area contributed by atoms with E-state index in [9.17, 15) is 19.2 Å². The molecular weight excluding hydrogens is 324 g/mol. The molecule has 4 rings (SSSR count). The van der Waals surface area contributed by atoms with Crippen LogP contribution in [-0.4, -0.2) is 47.2 Å². The van der Waals surface area contributed by atoms with Gasteiger partial charge in [0.1, 0.15) is 6.04 Å². The van der Waals surface area contributed by atoms with Gasteiger partial charge < -0.3 is 11.1 Å². The van der Waals surface area contributed by atoms with Crippen LogP contribution in [-0.2, 0) is 9.59 Å². The minimum Gasteiger partial charge on any atom is -0.382 e. The number of benzene rings is 1. The van der Waals surface area contributed by atoms with Crippen molar-refractivity contribution in [1.29, 1.82) is 0 Å². The molecule has 3 aliphatic rings. The Hall–Kier alpha value is -2.74. The van der Waals surface area contributed by atoms with E-state index in [4.69, 9.17) is 5.73 Å². The number of carbonyl (C=O) groups is 4. The average Bonchev–Trinajstić information content (AvgIpc) is 3.29. The van der Waals surface area contributed by atoms with Crippen molar-refractivity contribution in [2.24, 2.45) is 11.7 Å². The van der Waals surface area contributed by atoms with Crippen LogP contribution in [0.1, 0.15) is 40.0 Å². The van der Waals surface area contributed by atoms with Crippen molar-refractivity contribution in [2.75, 3.05) is 11.9 Å². The number of piperidine rings is 1. The Balaban J connectivity index is 1.57. The first kappa shape index (κ1) is 15.8. The second-order valence-electron chi connectivity index (χ2n) is 6.69. The van der Waals surface area contributed by atoms with Crippen LogP contribution in [0.25, 0.3) is 0 Å². The van der Waals surface area contributed by atoms with Crippen LogP contribution < -0.4 is 16.4 Å². The monoisotopic (exact) mass is 342 g/mol. The molecule has 2 heterocycles. The minimum absolute atomic E-state index is 0.110. The second kappa shape index (κ2) is 5.66. The molecule has 130 valence electrons. The molecule has 2 fully saturated rings. The Morgan fingerprint density at radius 3 is 2.60 bits per heavy atom. The zero-order valence-electron chi connectivity index (χ0n) is 13.5. The average molecular weight is 342 g/mol. The Morgan fingerprint density at radius 1 is 1.16 bits per heavy atom. The number of hydrogen-bond donors (Lipinski definition) is 3. The van der Waals surface area contributed by atoms with E-state index < -0.39 is 23.8 Å². The smallest absolute Gasteiger partial charge is 0.262 e. The first-order valence-electron chi connectivity index (χ1n) is 8.32. The zero-order chi connectivity index (χ0) is 17.7. The third kappa shape index (κ3) is 2.58. The molecule has 1 saturated heterocycles.